The third-order valence-electron chi connectivity index (χ3n) is 7.19. The van der Waals surface area contributed by atoms with Crippen LogP contribution in [0.15, 0.2) is 71.6 Å². The van der Waals surface area contributed by atoms with Gasteiger partial charge >= 0.3 is 0 Å². The zero-order valence-corrected chi connectivity index (χ0v) is 25.9. The second-order valence-electron chi connectivity index (χ2n) is 10.2. The summed E-state index contributed by atoms with van der Waals surface area (Å²) in [5.74, 6) is -0.873. The van der Waals surface area contributed by atoms with Crippen LogP contribution in [0.4, 0.5) is 5.69 Å². The van der Waals surface area contributed by atoms with E-state index in [1.807, 2.05) is 13.0 Å². The Morgan fingerprint density at radius 2 is 1.61 bits per heavy atom. The summed E-state index contributed by atoms with van der Waals surface area (Å²) >= 11 is 18.5. The predicted molar refractivity (Wildman–Crippen MR) is 164 cm³/mol. The third-order valence-corrected chi connectivity index (χ3v) is 9.82. The number of hydrogen-bond donors (Lipinski definition) is 1. The first-order valence-corrected chi connectivity index (χ1v) is 15.9. The van der Waals surface area contributed by atoms with E-state index in [9.17, 15) is 18.0 Å². The van der Waals surface area contributed by atoms with Crippen LogP contribution in [0.1, 0.15) is 43.7 Å². The summed E-state index contributed by atoms with van der Waals surface area (Å²) in [6, 6.07) is 16.7. The lowest BCUT2D eigenvalue weighted by molar-refractivity contribution is -0.139. The number of rotatable bonds is 10. The lowest BCUT2D eigenvalue weighted by Crippen LogP contribution is -2.52. The Bertz CT molecular complexity index is 1510. The van der Waals surface area contributed by atoms with Crippen LogP contribution in [-0.2, 0) is 26.2 Å². The zero-order chi connectivity index (χ0) is 29.7. The smallest absolute Gasteiger partial charge is 0.264 e. The standard InChI is InChI=1S/C30H32Cl3N3O4S/c1-20-6-5-9-26(16-20)36(41(39,40)27-14-12-23(31)13-15-27)19-29(37)35(18-22-10-11-24(32)17-28(22)33)21(2)30(38)34-25-7-3-4-8-25/h5-6,9-17,21,25H,3-4,7-8,18-19H2,1-2H3,(H,34,38)/t21-/m0/s1. The van der Waals surface area contributed by atoms with Gasteiger partial charge in [0.1, 0.15) is 12.6 Å². The molecule has 11 heteroatoms. The Morgan fingerprint density at radius 3 is 2.24 bits per heavy atom. The van der Waals surface area contributed by atoms with Gasteiger partial charge in [0.05, 0.1) is 10.6 Å². The van der Waals surface area contributed by atoms with Gasteiger partial charge in [-0.05, 0) is 86.3 Å². The Kier molecular flexibility index (Phi) is 10.2. The van der Waals surface area contributed by atoms with Crippen molar-refractivity contribution in [3.63, 3.8) is 0 Å². The van der Waals surface area contributed by atoms with Crippen molar-refractivity contribution in [3.8, 4) is 0 Å². The molecular formula is C30H32Cl3N3O4S. The van der Waals surface area contributed by atoms with Crippen molar-refractivity contribution in [1.29, 1.82) is 0 Å². The molecule has 3 aromatic carbocycles. The minimum absolute atomic E-state index is 0.0171. The van der Waals surface area contributed by atoms with E-state index in [2.05, 4.69) is 5.32 Å². The molecule has 0 radical (unpaired) electrons. The molecule has 3 aromatic rings. The van der Waals surface area contributed by atoms with E-state index >= 15 is 0 Å². The topological polar surface area (TPSA) is 86.8 Å². The molecular weight excluding hydrogens is 605 g/mol. The van der Waals surface area contributed by atoms with Crippen LogP contribution in [-0.4, -0.2) is 43.8 Å². The highest BCUT2D eigenvalue weighted by atomic mass is 35.5. The number of anilines is 1. The van der Waals surface area contributed by atoms with E-state index in [1.165, 1.54) is 29.2 Å². The largest absolute Gasteiger partial charge is 0.352 e. The molecule has 4 rings (SSSR count). The van der Waals surface area contributed by atoms with Crippen LogP contribution in [0, 0.1) is 6.92 Å². The van der Waals surface area contributed by atoms with E-state index in [0.717, 1.165) is 35.6 Å². The van der Waals surface area contributed by atoms with Crippen molar-refractivity contribution < 1.29 is 18.0 Å². The highest BCUT2D eigenvalue weighted by Gasteiger charge is 2.33. The maximum absolute atomic E-state index is 14.1. The Labute approximate surface area is 256 Å². The van der Waals surface area contributed by atoms with Gasteiger partial charge in [-0.25, -0.2) is 8.42 Å². The number of nitrogens with one attached hydrogen (secondary N) is 1. The molecule has 1 N–H and O–H groups in total. The number of carbonyl (C=O) groups is 2. The molecule has 0 saturated heterocycles. The number of amides is 2. The maximum Gasteiger partial charge on any atom is 0.264 e. The van der Waals surface area contributed by atoms with Gasteiger partial charge < -0.3 is 10.2 Å². The molecule has 7 nitrogen and oxygen atoms in total. The second kappa shape index (κ2) is 13.5. The van der Waals surface area contributed by atoms with Crippen LogP contribution in [0.25, 0.3) is 0 Å². The molecule has 1 fully saturated rings. The van der Waals surface area contributed by atoms with Crippen LogP contribution in [0.5, 0.6) is 0 Å². The van der Waals surface area contributed by atoms with Crippen molar-refractivity contribution in [2.45, 2.75) is 63.1 Å². The van der Waals surface area contributed by atoms with Gasteiger partial charge in [-0.2, -0.15) is 0 Å². The lowest BCUT2D eigenvalue weighted by Gasteiger charge is -2.32. The quantitative estimate of drug-likeness (QED) is 0.271. The summed E-state index contributed by atoms with van der Waals surface area (Å²) in [4.78, 5) is 28.7. The number of halogens is 3. The SMILES string of the molecule is Cc1cccc(N(CC(=O)N(Cc2ccc(Cl)cc2Cl)[C@@H](C)C(=O)NC2CCCC2)S(=O)(=O)c2ccc(Cl)cc2)c1. The first-order chi connectivity index (χ1) is 19.5. The Hall–Kier alpha value is -2.78. The van der Waals surface area contributed by atoms with Crippen molar-refractivity contribution in [2.24, 2.45) is 0 Å². The summed E-state index contributed by atoms with van der Waals surface area (Å²) in [5, 5.41) is 4.20. The molecule has 41 heavy (non-hydrogen) atoms. The van der Waals surface area contributed by atoms with Gasteiger partial charge in [0, 0.05) is 27.7 Å². The highest BCUT2D eigenvalue weighted by molar-refractivity contribution is 7.92. The van der Waals surface area contributed by atoms with Crippen molar-refractivity contribution >= 4 is 62.3 Å². The molecule has 1 atom stereocenters. The second-order valence-corrected chi connectivity index (χ2v) is 13.4. The van der Waals surface area contributed by atoms with Gasteiger partial charge in [-0.15, -0.1) is 0 Å². The molecule has 0 heterocycles. The van der Waals surface area contributed by atoms with Gasteiger partial charge in [0.2, 0.25) is 11.8 Å². The van der Waals surface area contributed by atoms with Crippen LogP contribution >= 0.6 is 34.8 Å². The monoisotopic (exact) mass is 635 g/mol. The number of nitrogens with zero attached hydrogens (tertiary/aromatic N) is 2. The number of aryl methyl sites for hydroxylation is 1. The van der Waals surface area contributed by atoms with E-state index in [-0.39, 0.29) is 23.4 Å². The summed E-state index contributed by atoms with van der Waals surface area (Å²) in [6.07, 6.45) is 3.85. The van der Waals surface area contributed by atoms with Crippen molar-refractivity contribution in [2.75, 3.05) is 10.8 Å². The number of hydrogen-bond acceptors (Lipinski definition) is 4. The molecule has 0 spiro atoms. The van der Waals surface area contributed by atoms with Gasteiger partial charge in [0.25, 0.3) is 10.0 Å². The molecule has 2 amide bonds. The number of carbonyl (C=O) groups excluding carboxylic acids is 2. The highest BCUT2D eigenvalue weighted by Crippen LogP contribution is 2.28. The number of sulfonamides is 1. The van der Waals surface area contributed by atoms with E-state index in [1.54, 1.807) is 43.3 Å². The van der Waals surface area contributed by atoms with Crippen LogP contribution < -0.4 is 9.62 Å². The fraction of sp³-hybridized carbons (Fsp3) is 0.333. The molecule has 1 aliphatic rings. The fourth-order valence-electron chi connectivity index (χ4n) is 4.85. The molecule has 0 bridgehead atoms. The van der Waals surface area contributed by atoms with Crippen molar-refractivity contribution in [3.05, 3.63) is 92.9 Å². The molecule has 1 aliphatic carbocycles. The Morgan fingerprint density at radius 1 is 0.951 bits per heavy atom. The summed E-state index contributed by atoms with van der Waals surface area (Å²) in [5.41, 5.74) is 1.72. The summed E-state index contributed by atoms with van der Waals surface area (Å²) in [6.45, 7) is 2.91. The fourth-order valence-corrected chi connectivity index (χ4v) is 6.85. The van der Waals surface area contributed by atoms with Gasteiger partial charge in [-0.3, -0.25) is 13.9 Å². The molecule has 0 unspecified atom stereocenters. The average molecular weight is 637 g/mol. The summed E-state index contributed by atoms with van der Waals surface area (Å²) in [7, 11) is -4.18. The van der Waals surface area contributed by atoms with E-state index in [4.69, 9.17) is 34.8 Å². The van der Waals surface area contributed by atoms with Crippen LogP contribution in [0.2, 0.25) is 15.1 Å². The maximum atomic E-state index is 14.1. The molecule has 1 saturated carbocycles. The molecule has 218 valence electrons. The van der Waals surface area contributed by atoms with Gasteiger partial charge in [0.15, 0.2) is 0 Å². The molecule has 0 aromatic heterocycles. The van der Waals surface area contributed by atoms with E-state index < -0.39 is 28.5 Å². The molecule has 0 aliphatic heterocycles. The van der Waals surface area contributed by atoms with Crippen LogP contribution in [0.3, 0.4) is 0 Å². The third kappa shape index (κ3) is 7.74. The number of benzene rings is 3. The van der Waals surface area contributed by atoms with Gasteiger partial charge in [-0.1, -0.05) is 65.8 Å². The first-order valence-electron chi connectivity index (χ1n) is 13.3. The lowest BCUT2D eigenvalue weighted by atomic mass is 10.1. The Balaban J connectivity index is 1.70. The first kappa shape index (κ1) is 31.2. The average Bonchev–Trinajstić information content (AvgIpc) is 3.44. The van der Waals surface area contributed by atoms with E-state index in [0.29, 0.717) is 26.3 Å². The van der Waals surface area contributed by atoms with Crippen molar-refractivity contribution in [1.82, 2.24) is 10.2 Å². The predicted octanol–water partition coefficient (Wildman–Crippen LogP) is 6.63. The minimum atomic E-state index is -4.18. The normalized spacial score (nSPS) is 14.5. The summed E-state index contributed by atoms with van der Waals surface area (Å²) < 4.78 is 28.8. The minimum Gasteiger partial charge on any atom is -0.352 e. The zero-order valence-electron chi connectivity index (χ0n) is 22.8.